The Morgan fingerprint density at radius 2 is 1.74 bits per heavy atom. The fourth-order valence-electron chi connectivity index (χ4n) is 2.55. The average Bonchev–Trinajstić information content (AvgIpc) is 2.46. The zero-order valence-corrected chi connectivity index (χ0v) is 11.3. The predicted octanol–water partition coefficient (Wildman–Crippen LogP) is 3.60. The maximum Gasteiger partial charge on any atom is 0.212 e. The first-order chi connectivity index (χ1) is 9.27. The van der Waals surface area contributed by atoms with Gasteiger partial charge in [-0.1, -0.05) is 24.3 Å². The van der Waals surface area contributed by atoms with Crippen molar-refractivity contribution in [3.8, 4) is 11.3 Å². The Morgan fingerprint density at radius 1 is 0.947 bits per heavy atom. The van der Waals surface area contributed by atoms with Crippen molar-refractivity contribution in [2.24, 2.45) is 0 Å². The highest BCUT2D eigenvalue weighted by molar-refractivity contribution is 9.10. The molecule has 0 saturated carbocycles. The number of fused-ring (bicyclic) bond motifs is 2. The summed E-state index contributed by atoms with van der Waals surface area (Å²) in [5.74, 6) is -0.0337. The molecule has 0 radical (unpaired) electrons. The lowest BCUT2D eigenvalue weighted by Crippen LogP contribution is -2.12. The molecule has 0 amide bonds. The zero-order chi connectivity index (χ0) is 13.0. The summed E-state index contributed by atoms with van der Waals surface area (Å²) in [4.78, 5) is 21.2. The Labute approximate surface area is 117 Å². The largest absolute Gasteiger partial charge is 0.287 e. The quantitative estimate of drug-likeness (QED) is 0.498. The molecule has 4 heteroatoms. The molecule has 4 rings (SSSR count). The molecule has 3 aromatic rings. The molecular weight excluding hydrogens is 304 g/mol. The molecule has 0 aliphatic heterocycles. The minimum absolute atomic E-state index is 0.0337. The lowest BCUT2D eigenvalue weighted by molar-refractivity contribution is 0.103. The standard InChI is InChI=1S/C15H7BrN2O/c16-11-7-18-14-12-10(11)5-6-17-13(12)8-3-1-2-4-9(8)15(14)19/h1-7H. The highest BCUT2D eigenvalue weighted by atomic mass is 79.9. The molecule has 0 fully saturated rings. The Balaban J connectivity index is 2.28. The molecule has 2 aromatic heterocycles. The lowest BCUT2D eigenvalue weighted by atomic mass is 9.89. The van der Waals surface area contributed by atoms with Crippen molar-refractivity contribution in [1.29, 1.82) is 0 Å². The fourth-order valence-corrected chi connectivity index (χ4v) is 2.98. The maximum atomic E-state index is 12.5. The van der Waals surface area contributed by atoms with Crippen LogP contribution in [0, 0.1) is 0 Å². The Morgan fingerprint density at radius 3 is 2.58 bits per heavy atom. The number of rotatable bonds is 0. The highest BCUT2D eigenvalue weighted by Gasteiger charge is 2.27. The van der Waals surface area contributed by atoms with Crippen LogP contribution in [0.5, 0.6) is 0 Å². The van der Waals surface area contributed by atoms with Gasteiger partial charge in [0.2, 0.25) is 5.78 Å². The van der Waals surface area contributed by atoms with Crippen LogP contribution in [0.4, 0.5) is 0 Å². The van der Waals surface area contributed by atoms with Gasteiger partial charge in [-0.3, -0.25) is 14.8 Å². The summed E-state index contributed by atoms with van der Waals surface area (Å²) in [6.07, 6.45) is 3.44. The summed E-state index contributed by atoms with van der Waals surface area (Å²) in [7, 11) is 0. The normalized spacial score (nSPS) is 12.6. The number of hydrogen-bond acceptors (Lipinski definition) is 3. The molecule has 0 bridgehead atoms. The summed E-state index contributed by atoms with van der Waals surface area (Å²) in [6.45, 7) is 0. The number of aromatic nitrogens is 2. The summed E-state index contributed by atoms with van der Waals surface area (Å²) >= 11 is 3.48. The Bertz CT molecular complexity index is 858. The second-order valence-electron chi connectivity index (χ2n) is 4.41. The zero-order valence-electron chi connectivity index (χ0n) is 9.72. The van der Waals surface area contributed by atoms with Gasteiger partial charge >= 0.3 is 0 Å². The molecule has 0 N–H and O–H groups in total. The van der Waals surface area contributed by atoms with E-state index in [0.29, 0.717) is 11.3 Å². The van der Waals surface area contributed by atoms with Gasteiger partial charge in [-0.25, -0.2) is 0 Å². The van der Waals surface area contributed by atoms with Crippen LogP contribution in [0.15, 0.2) is 47.2 Å². The number of pyridine rings is 2. The topological polar surface area (TPSA) is 42.9 Å². The van der Waals surface area contributed by atoms with Crippen LogP contribution in [0.2, 0.25) is 0 Å². The minimum Gasteiger partial charge on any atom is -0.287 e. The molecular formula is C15H7BrN2O. The number of carbonyl (C=O) groups is 1. The van der Waals surface area contributed by atoms with Gasteiger partial charge in [0.1, 0.15) is 5.69 Å². The molecule has 90 valence electrons. The van der Waals surface area contributed by atoms with E-state index in [1.807, 2.05) is 30.3 Å². The Hall–Kier alpha value is -2.07. The van der Waals surface area contributed by atoms with Gasteiger partial charge < -0.3 is 0 Å². The number of hydrogen-bond donors (Lipinski definition) is 0. The van der Waals surface area contributed by atoms with Crippen molar-refractivity contribution in [3.05, 3.63) is 58.5 Å². The highest BCUT2D eigenvalue weighted by Crippen LogP contribution is 2.38. The van der Waals surface area contributed by atoms with Crippen molar-refractivity contribution in [1.82, 2.24) is 9.97 Å². The average molecular weight is 311 g/mol. The van der Waals surface area contributed by atoms with Crippen molar-refractivity contribution in [2.45, 2.75) is 0 Å². The van der Waals surface area contributed by atoms with Gasteiger partial charge in [-0.15, -0.1) is 0 Å². The third-order valence-electron chi connectivity index (χ3n) is 3.39. The van der Waals surface area contributed by atoms with Crippen LogP contribution in [-0.2, 0) is 0 Å². The number of halogens is 1. The van der Waals surface area contributed by atoms with Gasteiger partial charge in [-0.2, -0.15) is 0 Å². The van der Waals surface area contributed by atoms with Crippen molar-refractivity contribution >= 4 is 32.5 Å². The van der Waals surface area contributed by atoms with Crippen LogP contribution in [-0.4, -0.2) is 15.8 Å². The number of carbonyl (C=O) groups excluding carboxylic acids is 1. The molecule has 3 nitrogen and oxygen atoms in total. The monoisotopic (exact) mass is 310 g/mol. The maximum absolute atomic E-state index is 12.5. The first kappa shape index (κ1) is 10.8. The van der Waals surface area contributed by atoms with E-state index in [9.17, 15) is 4.79 Å². The molecule has 1 aliphatic carbocycles. The lowest BCUT2D eigenvalue weighted by Gasteiger charge is -2.18. The summed E-state index contributed by atoms with van der Waals surface area (Å²) in [5, 5.41) is 1.80. The van der Waals surface area contributed by atoms with E-state index in [-0.39, 0.29) is 5.78 Å². The molecule has 0 spiro atoms. The second-order valence-corrected chi connectivity index (χ2v) is 5.27. The van der Waals surface area contributed by atoms with Crippen LogP contribution < -0.4 is 0 Å². The molecule has 2 heterocycles. The van der Waals surface area contributed by atoms with Gasteiger partial charge in [-0.05, 0) is 22.0 Å². The fraction of sp³-hybridized carbons (Fsp3) is 0. The van der Waals surface area contributed by atoms with E-state index < -0.39 is 0 Å². The van der Waals surface area contributed by atoms with E-state index in [4.69, 9.17) is 0 Å². The molecule has 0 unspecified atom stereocenters. The van der Waals surface area contributed by atoms with Crippen LogP contribution in [0.25, 0.3) is 22.0 Å². The number of ketones is 1. The number of nitrogens with zero attached hydrogens (tertiary/aromatic N) is 2. The summed E-state index contributed by atoms with van der Waals surface area (Å²) in [6, 6.07) is 9.43. The van der Waals surface area contributed by atoms with E-state index in [1.165, 1.54) is 0 Å². The molecule has 0 saturated heterocycles. The van der Waals surface area contributed by atoms with E-state index in [1.54, 1.807) is 12.4 Å². The first-order valence-electron chi connectivity index (χ1n) is 5.84. The van der Waals surface area contributed by atoms with Crippen molar-refractivity contribution in [3.63, 3.8) is 0 Å². The first-order valence-corrected chi connectivity index (χ1v) is 6.64. The van der Waals surface area contributed by atoms with Crippen LogP contribution in [0.1, 0.15) is 16.1 Å². The predicted molar refractivity (Wildman–Crippen MR) is 76.1 cm³/mol. The summed E-state index contributed by atoms with van der Waals surface area (Å²) in [5.41, 5.74) is 2.87. The van der Waals surface area contributed by atoms with E-state index >= 15 is 0 Å². The SMILES string of the molecule is O=C1c2ccccc2-c2nccc3c(Br)cnc1c23. The van der Waals surface area contributed by atoms with Gasteiger partial charge in [0.05, 0.1) is 5.69 Å². The molecule has 1 aromatic carbocycles. The third-order valence-corrected chi connectivity index (χ3v) is 4.03. The van der Waals surface area contributed by atoms with Gasteiger partial charge in [0.15, 0.2) is 0 Å². The van der Waals surface area contributed by atoms with E-state index in [0.717, 1.165) is 26.5 Å². The van der Waals surface area contributed by atoms with Gasteiger partial charge in [0.25, 0.3) is 0 Å². The van der Waals surface area contributed by atoms with Crippen molar-refractivity contribution in [2.75, 3.05) is 0 Å². The third kappa shape index (κ3) is 1.35. The Kier molecular flexibility index (Phi) is 2.11. The van der Waals surface area contributed by atoms with Gasteiger partial charge in [0, 0.05) is 38.8 Å². The van der Waals surface area contributed by atoms with Crippen LogP contribution >= 0.6 is 15.9 Å². The number of benzene rings is 1. The molecule has 1 aliphatic rings. The van der Waals surface area contributed by atoms with Crippen LogP contribution in [0.3, 0.4) is 0 Å². The summed E-state index contributed by atoms with van der Waals surface area (Å²) < 4.78 is 0.877. The molecule has 19 heavy (non-hydrogen) atoms. The smallest absolute Gasteiger partial charge is 0.212 e. The van der Waals surface area contributed by atoms with E-state index in [2.05, 4.69) is 25.9 Å². The second kappa shape index (κ2) is 3.71. The molecule has 0 atom stereocenters. The minimum atomic E-state index is -0.0337. The van der Waals surface area contributed by atoms with Crippen molar-refractivity contribution < 1.29 is 4.79 Å².